The van der Waals surface area contributed by atoms with Gasteiger partial charge in [-0.25, -0.2) is 4.98 Å². The molecule has 0 unspecified atom stereocenters. The van der Waals surface area contributed by atoms with Gasteiger partial charge in [0.25, 0.3) is 0 Å². The first-order valence-corrected chi connectivity index (χ1v) is 7.09. The molecule has 1 nitrogen and oxygen atoms in total. The van der Waals surface area contributed by atoms with Crippen LogP contribution in [0, 0.1) is 6.92 Å². The van der Waals surface area contributed by atoms with Gasteiger partial charge in [0.15, 0.2) is 0 Å². The second kappa shape index (κ2) is 5.11. The van der Waals surface area contributed by atoms with E-state index in [2.05, 4.69) is 58.3 Å². The first kappa shape index (κ1) is 11.8. The average molecular weight is 296 g/mol. The Morgan fingerprint density at radius 3 is 2.88 bits per heavy atom. The van der Waals surface area contributed by atoms with Gasteiger partial charge in [0, 0.05) is 15.4 Å². The lowest BCUT2D eigenvalue weighted by atomic mass is 10.1. The molecule has 0 saturated carbocycles. The van der Waals surface area contributed by atoms with E-state index in [1.54, 1.807) is 11.3 Å². The van der Waals surface area contributed by atoms with Crippen molar-refractivity contribution in [2.75, 3.05) is 0 Å². The zero-order chi connectivity index (χ0) is 11.5. The highest BCUT2D eigenvalue weighted by molar-refractivity contribution is 9.10. The molecule has 0 bridgehead atoms. The molecule has 2 rings (SSSR count). The Morgan fingerprint density at radius 2 is 2.19 bits per heavy atom. The van der Waals surface area contributed by atoms with Gasteiger partial charge in [-0.3, -0.25) is 0 Å². The lowest BCUT2D eigenvalue weighted by Gasteiger charge is -2.00. The fourth-order valence-corrected chi connectivity index (χ4v) is 2.77. The SMILES string of the molecule is CCCc1csc(-c2ccc(C)c(Br)c2)n1. The summed E-state index contributed by atoms with van der Waals surface area (Å²) in [6, 6.07) is 6.40. The summed E-state index contributed by atoms with van der Waals surface area (Å²) in [5, 5.41) is 3.27. The third kappa shape index (κ3) is 2.53. The number of hydrogen-bond donors (Lipinski definition) is 0. The molecule has 0 aliphatic rings. The maximum atomic E-state index is 4.64. The summed E-state index contributed by atoms with van der Waals surface area (Å²) in [5.74, 6) is 0. The smallest absolute Gasteiger partial charge is 0.123 e. The van der Waals surface area contributed by atoms with E-state index in [1.165, 1.54) is 16.8 Å². The van der Waals surface area contributed by atoms with Gasteiger partial charge in [-0.1, -0.05) is 41.4 Å². The Bertz CT molecular complexity index is 490. The van der Waals surface area contributed by atoms with E-state index in [4.69, 9.17) is 0 Å². The predicted molar refractivity (Wildman–Crippen MR) is 74.0 cm³/mol. The minimum Gasteiger partial charge on any atom is -0.241 e. The van der Waals surface area contributed by atoms with E-state index in [0.29, 0.717) is 0 Å². The molecule has 0 aliphatic heterocycles. The normalized spacial score (nSPS) is 10.7. The van der Waals surface area contributed by atoms with Crippen LogP contribution in [0.15, 0.2) is 28.1 Å². The molecule has 0 aliphatic carbocycles. The number of aromatic nitrogens is 1. The van der Waals surface area contributed by atoms with Crippen LogP contribution in [-0.2, 0) is 6.42 Å². The zero-order valence-electron chi connectivity index (χ0n) is 9.46. The lowest BCUT2D eigenvalue weighted by Crippen LogP contribution is -1.84. The third-order valence-electron chi connectivity index (χ3n) is 2.48. The number of nitrogens with zero attached hydrogens (tertiary/aromatic N) is 1. The van der Waals surface area contributed by atoms with E-state index < -0.39 is 0 Å². The van der Waals surface area contributed by atoms with E-state index in [-0.39, 0.29) is 0 Å². The topological polar surface area (TPSA) is 12.9 Å². The van der Waals surface area contributed by atoms with E-state index in [1.807, 2.05) is 0 Å². The number of benzene rings is 1. The van der Waals surface area contributed by atoms with Crippen LogP contribution in [0.4, 0.5) is 0 Å². The highest BCUT2D eigenvalue weighted by Crippen LogP contribution is 2.28. The Kier molecular flexibility index (Phi) is 3.77. The number of thiazole rings is 1. The van der Waals surface area contributed by atoms with Crippen LogP contribution in [-0.4, -0.2) is 4.98 Å². The summed E-state index contributed by atoms with van der Waals surface area (Å²) in [6.07, 6.45) is 2.23. The molecule has 0 spiro atoms. The van der Waals surface area contributed by atoms with Crippen LogP contribution in [0.25, 0.3) is 10.6 Å². The van der Waals surface area contributed by atoms with Gasteiger partial charge < -0.3 is 0 Å². The van der Waals surface area contributed by atoms with Crippen molar-refractivity contribution >= 4 is 27.3 Å². The van der Waals surface area contributed by atoms with Crippen molar-refractivity contribution in [3.63, 3.8) is 0 Å². The molecule has 2 aromatic rings. The monoisotopic (exact) mass is 295 g/mol. The second-order valence-electron chi connectivity index (χ2n) is 3.86. The van der Waals surface area contributed by atoms with Crippen molar-refractivity contribution < 1.29 is 0 Å². The van der Waals surface area contributed by atoms with Crippen LogP contribution in [0.3, 0.4) is 0 Å². The fourth-order valence-electron chi connectivity index (χ4n) is 1.54. The van der Waals surface area contributed by atoms with Crippen LogP contribution in [0.5, 0.6) is 0 Å². The Balaban J connectivity index is 2.31. The summed E-state index contributed by atoms with van der Waals surface area (Å²) in [6.45, 7) is 4.28. The van der Waals surface area contributed by atoms with E-state index in [9.17, 15) is 0 Å². The van der Waals surface area contributed by atoms with Crippen molar-refractivity contribution in [1.29, 1.82) is 0 Å². The van der Waals surface area contributed by atoms with Gasteiger partial charge in [0.05, 0.1) is 5.69 Å². The lowest BCUT2D eigenvalue weighted by molar-refractivity contribution is 0.893. The summed E-state index contributed by atoms with van der Waals surface area (Å²) in [4.78, 5) is 4.64. The van der Waals surface area contributed by atoms with Gasteiger partial charge in [0.2, 0.25) is 0 Å². The Labute approximate surface area is 109 Å². The maximum absolute atomic E-state index is 4.64. The zero-order valence-corrected chi connectivity index (χ0v) is 11.9. The number of aryl methyl sites for hydroxylation is 2. The molecule has 1 heterocycles. The molecule has 3 heteroatoms. The average Bonchev–Trinajstić information content (AvgIpc) is 2.71. The first-order chi connectivity index (χ1) is 7.70. The van der Waals surface area contributed by atoms with E-state index in [0.717, 1.165) is 22.3 Å². The van der Waals surface area contributed by atoms with Crippen LogP contribution < -0.4 is 0 Å². The highest BCUT2D eigenvalue weighted by Gasteiger charge is 2.05. The minimum absolute atomic E-state index is 1.07. The summed E-state index contributed by atoms with van der Waals surface area (Å²) in [7, 11) is 0. The standard InChI is InChI=1S/C13H14BrNS/c1-3-4-11-8-16-13(15-11)10-6-5-9(2)12(14)7-10/h5-8H,3-4H2,1-2H3. The largest absolute Gasteiger partial charge is 0.241 e. The van der Waals surface area contributed by atoms with Gasteiger partial charge in [-0.05, 0) is 25.0 Å². The molecule has 0 fully saturated rings. The number of halogens is 1. The molecule has 0 N–H and O–H groups in total. The molecule has 0 saturated heterocycles. The number of hydrogen-bond acceptors (Lipinski definition) is 2. The minimum atomic E-state index is 1.07. The van der Waals surface area contributed by atoms with E-state index >= 15 is 0 Å². The first-order valence-electron chi connectivity index (χ1n) is 5.41. The molecule has 1 aromatic carbocycles. The second-order valence-corrected chi connectivity index (χ2v) is 5.57. The van der Waals surface area contributed by atoms with Crippen molar-refractivity contribution in [1.82, 2.24) is 4.98 Å². The molecular weight excluding hydrogens is 282 g/mol. The fraction of sp³-hybridized carbons (Fsp3) is 0.308. The van der Waals surface area contributed by atoms with Gasteiger partial charge in [-0.2, -0.15) is 0 Å². The van der Waals surface area contributed by atoms with Crippen LogP contribution in [0.2, 0.25) is 0 Å². The van der Waals surface area contributed by atoms with Gasteiger partial charge in [-0.15, -0.1) is 11.3 Å². The predicted octanol–water partition coefficient (Wildman–Crippen LogP) is 4.83. The van der Waals surface area contributed by atoms with Crippen LogP contribution in [0.1, 0.15) is 24.6 Å². The van der Waals surface area contributed by atoms with Crippen molar-refractivity contribution in [3.05, 3.63) is 39.3 Å². The van der Waals surface area contributed by atoms with Crippen molar-refractivity contribution in [2.24, 2.45) is 0 Å². The van der Waals surface area contributed by atoms with Crippen LogP contribution >= 0.6 is 27.3 Å². The molecule has 84 valence electrons. The van der Waals surface area contributed by atoms with Gasteiger partial charge >= 0.3 is 0 Å². The summed E-state index contributed by atoms with van der Waals surface area (Å²) < 4.78 is 1.15. The molecular formula is C13H14BrNS. The molecule has 0 amide bonds. The quantitative estimate of drug-likeness (QED) is 0.790. The molecule has 0 atom stereocenters. The summed E-state index contributed by atoms with van der Waals surface area (Å²) in [5.41, 5.74) is 3.66. The number of rotatable bonds is 3. The summed E-state index contributed by atoms with van der Waals surface area (Å²) >= 11 is 5.28. The third-order valence-corrected chi connectivity index (χ3v) is 4.27. The Hall–Kier alpha value is -0.670. The Morgan fingerprint density at radius 1 is 1.38 bits per heavy atom. The van der Waals surface area contributed by atoms with Gasteiger partial charge in [0.1, 0.15) is 5.01 Å². The molecule has 16 heavy (non-hydrogen) atoms. The molecule has 0 radical (unpaired) electrons. The maximum Gasteiger partial charge on any atom is 0.123 e. The highest BCUT2D eigenvalue weighted by atomic mass is 79.9. The molecule has 1 aromatic heterocycles. The van der Waals surface area contributed by atoms with Crippen molar-refractivity contribution in [2.45, 2.75) is 26.7 Å². The van der Waals surface area contributed by atoms with Crippen molar-refractivity contribution in [3.8, 4) is 10.6 Å².